The third-order valence-corrected chi connectivity index (χ3v) is 5.31. The minimum Gasteiger partial charge on any atom is -0.497 e. The molecule has 162 valence electrons. The minimum absolute atomic E-state index is 0.219. The number of imide groups is 1. The second kappa shape index (κ2) is 8.08. The van der Waals surface area contributed by atoms with Crippen molar-refractivity contribution in [3.63, 3.8) is 0 Å². The van der Waals surface area contributed by atoms with Crippen LogP contribution in [0.15, 0.2) is 85.1 Å². The van der Waals surface area contributed by atoms with Crippen molar-refractivity contribution in [2.75, 3.05) is 17.3 Å². The van der Waals surface area contributed by atoms with Gasteiger partial charge in [-0.15, -0.1) is 0 Å². The third kappa shape index (κ3) is 3.63. The molecule has 3 amide bonds. The summed E-state index contributed by atoms with van der Waals surface area (Å²) in [5.74, 6) is -0.474. The van der Waals surface area contributed by atoms with E-state index in [2.05, 4.69) is 10.4 Å². The molecule has 33 heavy (non-hydrogen) atoms. The zero-order chi connectivity index (χ0) is 22.9. The maximum absolute atomic E-state index is 12.7. The Labute approximate surface area is 189 Å². The molecule has 1 aromatic heterocycles. The van der Waals surface area contributed by atoms with Gasteiger partial charge in [-0.25, -0.2) is 9.58 Å². The molecule has 0 unspecified atom stereocenters. The number of carbonyl (C=O) groups excluding carboxylic acids is 3. The molecule has 0 atom stereocenters. The lowest BCUT2D eigenvalue weighted by atomic mass is 10.1. The van der Waals surface area contributed by atoms with E-state index in [4.69, 9.17) is 4.74 Å². The van der Waals surface area contributed by atoms with E-state index in [-0.39, 0.29) is 5.69 Å². The van der Waals surface area contributed by atoms with Crippen molar-refractivity contribution in [3.05, 3.63) is 102 Å². The molecule has 0 spiro atoms. The number of ether oxygens (including phenoxy) is 1. The van der Waals surface area contributed by atoms with Crippen LogP contribution in [0.3, 0.4) is 0 Å². The standard InChI is InChI=1S/C25H18N4O4/c1-33-19-11-9-17(10-12-19)28-14-13-22(27-28)23(30)26-16-5-4-6-18(15-16)29-24(31)20-7-2-3-8-21(20)25(29)32/h2-15H,1H3,(H,26,30). The van der Waals surface area contributed by atoms with Gasteiger partial charge in [0, 0.05) is 11.9 Å². The van der Waals surface area contributed by atoms with E-state index in [1.165, 1.54) is 0 Å². The van der Waals surface area contributed by atoms with E-state index in [0.29, 0.717) is 22.5 Å². The fourth-order valence-corrected chi connectivity index (χ4v) is 3.67. The number of nitrogens with zero attached hydrogens (tertiary/aromatic N) is 3. The van der Waals surface area contributed by atoms with Crippen LogP contribution in [-0.4, -0.2) is 34.6 Å². The molecule has 0 saturated carbocycles. The number of rotatable bonds is 5. The van der Waals surface area contributed by atoms with Crippen LogP contribution >= 0.6 is 0 Å². The quantitative estimate of drug-likeness (QED) is 0.477. The third-order valence-electron chi connectivity index (χ3n) is 5.31. The lowest BCUT2D eigenvalue weighted by Crippen LogP contribution is -2.29. The van der Waals surface area contributed by atoms with Crippen molar-refractivity contribution < 1.29 is 19.1 Å². The van der Waals surface area contributed by atoms with Gasteiger partial charge in [0.1, 0.15) is 5.75 Å². The fourth-order valence-electron chi connectivity index (χ4n) is 3.67. The summed E-state index contributed by atoms with van der Waals surface area (Å²) < 4.78 is 6.74. The first-order valence-electron chi connectivity index (χ1n) is 10.1. The number of hydrogen-bond donors (Lipinski definition) is 1. The Hall–Kier alpha value is -4.72. The molecule has 1 N–H and O–H groups in total. The number of hydrogen-bond acceptors (Lipinski definition) is 5. The van der Waals surface area contributed by atoms with Gasteiger partial charge in [-0.05, 0) is 60.7 Å². The zero-order valence-electron chi connectivity index (χ0n) is 17.6. The summed E-state index contributed by atoms with van der Waals surface area (Å²) >= 11 is 0. The Morgan fingerprint density at radius 1 is 0.848 bits per heavy atom. The van der Waals surface area contributed by atoms with Crippen LogP contribution in [0.2, 0.25) is 0 Å². The number of fused-ring (bicyclic) bond motifs is 1. The Bertz CT molecular complexity index is 1360. The summed E-state index contributed by atoms with van der Waals surface area (Å²) in [6.07, 6.45) is 1.69. The van der Waals surface area contributed by atoms with E-state index in [1.807, 2.05) is 24.3 Å². The zero-order valence-corrected chi connectivity index (χ0v) is 17.6. The molecule has 0 bridgehead atoms. The monoisotopic (exact) mass is 438 g/mol. The summed E-state index contributed by atoms with van der Waals surface area (Å²) in [4.78, 5) is 39.3. The molecule has 8 heteroatoms. The molecule has 0 saturated heterocycles. The summed E-state index contributed by atoms with van der Waals surface area (Å²) in [7, 11) is 1.59. The van der Waals surface area contributed by atoms with Crippen LogP contribution in [0.5, 0.6) is 5.75 Å². The first-order valence-corrected chi connectivity index (χ1v) is 10.1. The maximum Gasteiger partial charge on any atom is 0.276 e. The molecule has 8 nitrogen and oxygen atoms in total. The van der Waals surface area contributed by atoms with Crippen LogP contribution in [-0.2, 0) is 0 Å². The van der Waals surface area contributed by atoms with Gasteiger partial charge in [0.05, 0.1) is 29.6 Å². The average Bonchev–Trinajstić information content (AvgIpc) is 3.43. The van der Waals surface area contributed by atoms with Crippen molar-refractivity contribution in [2.45, 2.75) is 0 Å². The number of anilines is 2. The van der Waals surface area contributed by atoms with E-state index in [0.717, 1.165) is 16.3 Å². The van der Waals surface area contributed by atoms with Gasteiger partial charge in [0.2, 0.25) is 0 Å². The molecular formula is C25H18N4O4. The number of benzene rings is 3. The second-order valence-electron chi connectivity index (χ2n) is 7.34. The molecule has 3 aromatic carbocycles. The van der Waals surface area contributed by atoms with Crippen molar-refractivity contribution in [1.82, 2.24) is 9.78 Å². The molecule has 1 aliphatic heterocycles. The molecule has 4 aromatic rings. The molecule has 1 aliphatic rings. The molecule has 0 radical (unpaired) electrons. The van der Waals surface area contributed by atoms with Crippen LogP contribution in [0.25, 0.3) is 5.69 Å². The molecular weight excluding hydrogens is 420 g/mol. The number of nitrogens with one attached hydrogen (secondary N) is 1. The highest BCUT2D eigenvalue weighted by Gasteiger charge is 2.36. The van der Waals surface area contributed by atoms with Gasteiger partial charge >= 0.3 is 0 Å². The Kier molecular flexibility index (Phi) is 4.95. The lowest BCUT2D eigenvalue weighted by Gasteiger charge is -2.15. The van der Waals surface area contributed by atoms with Gasteiger partial charge < -0.3 is 10.1 Å². The first-order chi connectivity index (χ1) is 16.0. The van der Waals surface area contributed by atoms with E-state index >= 15 is 0 Å². The topological polar surface area (TPSA) is 93.5 Å². The predicted molar refractivity (Wildman–Crippen MR) is 122 cm³/mol. The number of aromatic nitrogens is 2. The fraction of sp³-hybridized carbons (Fsp3) is 0.0400. The first kappa shape index (κ1) is 20.2. The van der Waals surface area contributed by atoms with Crippen LogP contribution in [0.4, 0.5) is 11.4 Å². The highest BCUT2D eigenvalue weighted by atomic mass is 16.5. The number of amides is 3. The van der Waals surface area contributed by atoms with E-state index in [1.54, 1.807) is 72.6 Å². The summed E-state index contributed by atoms with van der Waals surface area (Å²) in [5.41, 5.74) is 2.54. The predicted octanol–water partition coefficient (Wildman–Crippen LogP) is 3.93. The largest absolute Gasteiger partial charge is 0.497 e. The van der Waals surface area contributed by atoms with Crippen molar-refractivity contribution in [2.24, 2.45) is 0 Å². The highest BCUT2D eigenvalue weighted by molar-refractivity contribution is 6.34. The molecule has 2 heterocycles. The SMILES string of the molecule is COc1ccc(-n2ccc(C(=O)Nc3cccc(N4C(=O)c5ccccc5C4=O)c3)n2)cc1. The van der Waals surface area contributed by atoms with Crippen molar-refractivity contribution in [1.29, 1.82) is 0 Å². The van der Waals surface area contributed by atoms with E-state index in [9.17, 15) is 14.4 Å². The van der Waals surface area contributed by atoms with Gasteiger partial charge in [-0.3, -0.25) is 14.4 Å². The average molecular weight is 438 g/mol. The van der Waals surface area contributed by atoms with Gasteiger partial charge in [0.25, 0.3) is 17.7 Å². The Balaban J connectivity index is 1.34. The van der Waals surface area contributed by atoms with E-state index < -0.39 is 17.7 Å². The van der Waals surface area contributed by atoms with Crippen LogP contribution in [0.1, 0.15) is 31.2 Å². The number of methoxy groups -OCH3 is 1. The van der Waals surface area contributed by atoms with Crippen molar-refractivity contribution >= 4 is 29.1 Å². The summed E-state index contributed by atoms with van der Waals surface area (Å²) in [5, 5.41) is 7.10. The van der Waals surface area contributed by atoms with Crippen molar-refractivity contribution in [3.8, 4) is 11.4 Å². The molecule has 0 fully saturated rings. The van der Waals surface area contributed by atoms with Gasteiger partial charge in [0.15, 0.2) is 5.69 Å². The smallest absolute Gasteiger partial charge is 0.276 e. The van der Waals surface area contributed by atoms with Crippen LogP contribution in [0, 0.1) is 0 Å². The highest BCUT2D eigenvalue weighted by Crippen LogP contribution is 2.29. The van der Waals surface area contributed by atoms with Crippen LogP contribution < -0.4 is 15.0 Å². The summed E-state index contributed by atoms with van der Waals surface area (Å²) in [6, 6.07) is 22.2. The van der Waals surface area contributed by atoms with Gasteiger partial charge in [-0.1, -0.05) is 18.2 Å². The minimum atomic E-state index is -0.415. The molecule has 0 aliphatic carbocycles. The second-order valence-corrected chi connectivity index (χ2v) is 7.34. The maximum atomic E-state index is 12.7. The lowest BCUT2D eigenvalue weighted by molar-refractivity contribution is 0.0925. The Morgan fingerprint density at radius 3 is 2.21 bits per heavy atom. The number of carbonyl (C=O) groups is 3. The normalized spacial score (nSPS) is 12.6. The Morgan fingerprint density at radius 2 is 1.55 bits per heavy atom. The van der Waals surface area contributed by atoms with Gasteiger partial charge in [-0.2, -0.15) is 5.10 Å². The molecule has 5 rings (SSSR count). The summed E-state index contributed by atoms with van der Waals surface area (Å²) in [6.45, 7) is 0.